The van der Waals surface area contributed by atoms with Gasteiger partial charge in [0, 0.05) is 6.07 Å². The van der Waals surface area contributed by atoms with Crippen LogP contribution in [0.15, 0.2) is 16.5 Å². The highest BCUT2D eigenvalue weighted by Crippen LogP contribution is 2.35. The quantitative estimate of drug-likeness (QED) is 0.744. The summed E-state index contributed by atoms with van der Waals surface area (Å²) < 4.78 is 10.8. The number of ether oxygens (including phenoxy) is 1. The van der Waals surface area contributed by atoms with E-state index in [-0.39, 0.29) is 12.5 Å². The first-order valence-corrected chi connectivity index (χ1v) is 6.56. The maximum absolute atomic E-state index is 11.3. The van der Waals surface area contributed by atoms with Crippen molar-refractivity contribution in [2.24, 2.45) is 0 Å². The molecule has 7 heteroatoms. The Morgan fingerprint density at radius 1 is 1.43 bits per heavy atom. The summed E-state index contributed by atoms with van der Waals surface area (Å²) in [6.07, 6.45) is 0. The Kier molecular flexibility index (Phi) is 3.17. The van der Waals surface area contributed by atoms with Crippen molar-refractivity contribution in [1.29, 1.82) is 0 Å². The second-order valence-electron chi connectivity index (χ2n) is 4.88. The third kappa shape index (κ3) is 2.62. The van der Waals surface area contributed by atoms with E-state index in [1.807, 2.05) is 13.8 Å². The van der Waals surface area contributed by atoms with Crippen LogP contribution in [0.2, 0.25) is 0 Å². The summed E-state index contributed by atoms with van der Waals surface area (Å²) in [6.45, 7) is 4.18. The van der Waals surface area contributed by atoms with E-state index in [1.54, 1.807) is 12.1 Å². The van der Waals surface area contributed by atoms with Crippen molar-refractivity contribution >= 4 is 23.0 Å². The Morgan fingerprint density at radius 2 is 2.24 bits per heavy atom. The van der Waals surface area contributed by atoms with Crippen LogP contribution in [0.1, 0.15) is 17.3 Å². The maximum atomic E-state index is 11.3. The normalized spacial score (nSPS) is 13.3. The highest BCUT2D eigenvalue weighted by Gasteiger charge is 2.18. The molecule has 0 saturated carbocycles. The van der Waals surface area contributed by atoms with E-state index in [1.165, 1.54) is 0 Å². The van der Waals surface area contributed by atoms with Gasteiger partial charge in [0.05, 0.1) is 29.3 Å². The Balaban J connectivity index is 1.79. The minimum absolute atomic E-state index is 0.00802. The van der Waals surface area contributed by atoms with Gasteiger partial charge in [-0.05, 0) is 19.9 Å². The van der Waals surface area contributed by atoms with Gasteiger partial charge in [-0.1, -0.05) is 0 Å². The molecule has 3 rings (SSSR count). The number of nitrogen functional groups attached to an aromatic ring is 1. The lowest BCUT2D eigenvalue weighted by molar-refractivity contribution is -0.118. The Labute approximate surface area is 121 Å². The van der Waals surface area contributed by atoms with Crippen molar-refractivity contribution in [3.05, 3.63) is 29.5 Å². The minimum atomic E-state index is -0.183. The minimum Gasteiger partial charge on any atom is -0.482 e. The van der Waals surface area contributed by atoms with E-state index in [0.717, 1.165) is 11.5 Å². The summed E-state index contributed by atoms with van der Waals surface area (Å²) in [5.41, 5.74) is 8.66. The third-order valence-electron chi connectivity index (χ3n) is 3.29. The molecule has 1 aliphatic heterocycles. The number of carbonyl (C=O) groups is 1. The average Bonchev–Trinajstić information content (AvgIpc) is 2.76. The predicted molar refractivity (Wildman–Crippen MR) is 78.3 cm³/mol. The summed E-state index contributed by atoms with van der Waals surface area (Å²) in [5.74, 6) is 1.77. The van der Waals surface area contributed by atoms with Gasteiger partial charge in [-0.2, -0.15) is 0 Å². The summed E-state index contributed by atoms with van der Waals surface area (Å²) in [4.78, 5) is 15.6. The van der Waals surface area contributed by atoms with Crippen LogP contribution >= 0.6 is 0 Å². The molecule has 0 spiro atoms. The van der Waals surface area contributed by atoms with E-state index >= 15 is 0 Å². The summed E-state index contributed by atoms with van der Waals surface area (Å²) >= 11 is 0. The third-order valence-corrected chi connectivity index (χ3v) is 3.29. The predicted octanol–water partition coefficient (Wildman–Crippen LogP) is 1.82. The van der Waals surface area contributed by atoms with Crippen LogP contribution in [0, 0.1) is 13.8 Å². The zero-order valence-electron chi connectivity index (χ0n) is 11.8. The highest BCUT2D eigenvalue weighted by atomic mass is 16.5. The molecule has 1 aromatic carbocycles. The molecule has 2 heterocycles. The molecule has 4 N–H and O–H groups in total. The number of benzene rings is 1. The van der Waals surface area contributed by atoms with Crippen LogP contribution < -0.4 is 21.1 Å². The standard InChI is InChI=1S/C14H16N4O3/c1-7-8(2)21-14(17-7)5-16-10-4-11-12(3-9(10)15)20-6-13(19)18-11/h3-4,16H,5-6,15H2,1-2H3,(H,18,19). The fourth-order valence-electron chi connectivity index (χ4n) is 2.08. The van der Waals surface area contributed by atoms with Crippen molar-refractivity contribution in [2.45, 2.75) is 20.4 Å². The molecule has 1 aliphatic rings. The molecule has 7 nitrogen and oxygen atoms in total. The largest absolute Gasteiger partial charge is 0.482 e. The first-order chi connectivity index (χ1) is 10.0. The number of aromatic nitrogens is 1. The topological polar surface area (TPSA) is 102 Å². The van der Waals surface area contributed by atoms with Gasteiger partial charge in [0.25, 0.3) is 5.91 Å². The van der Waals surface area contributed by atoms with Crippen molar-refractivity contribution in [3.63, 3.8) is 0 Å². The number of nitrogens with zero attached hydrogens (tertiary/aromatic N) is 1. The number of carbonyl (C=O) groups excluding carboxylic acids is 1. The lowest BCUT2D eigenvalue weighted by atomic mass is 10.2. The number of amides is 1. The molecule has 0 bridgehead atoms. The van der Waals surface area contributed by atoms with Crippen molar-refractivity contribution in [3.8, 4) is 5.75 Å². The summed E-state index contributed by atoms with van der Waals surface area (Å²) in [7, 11) is 0. The zero-order chi connectivity index (χ0) is 15.0. The number of hydrogen-bond donors (Lipinski definition) is 3. The first-order valence-electron chi connectivity index (χ1n) is 6.56. The number of hydrogen-bond acceptors (Lipinski definition) is 6. The molecule has 0 radical (unpaired) electrons. The highest BCUT2D eigenvalue weighted by molar-refractivity contribution is 5.97. The number of anilines is 3. The van der Waals surface area contributed by atoms with Crippen LogP contribution in [0.4, 0.5) is 17.1 Å². The molecule has 2 aromatic rings. The van der Waals surface area contributed by atoms with Gasteiger partial charge in [0.1, 0.15) is 11.5 Å². The monoisotopic (exact) mass is 288 g/mol. The summed E-state index contributed by atoms with van der Waals surface area (Å²) in [5, 5.41) is 5.89. The van der Waals surface area contributed by atoms with Gasteiger partial charge in [-0.3, -0.25) is 4.79 Å². The Bertz CT molecular complexity index is 689. The van der Waals surface area contributed by atoms with Crippen LogP contribution in [0.5, 0.6) is 5.75 Å². The number of oxazole rings is 1. The van der Waals surface area contributed by atoms with E-state index < -0.39 is 0 Å². The van der Waals surface area contributed by atoms with Gasteiger partial charge in [-0.25, -0.2) is 4.98 Å². The second-order valence-corrected chi connectivity index (χ2v) is 4.88. The van der Waals surface area contributed by atoms with E-state index in [9.17, 15) is 4.79 Å². The number of aryl methyl sites for hydroxylation is 2. The van der Waals surface area contributed by atoms with E-state index in [2.05, 4.69) is 15.6 Å². The number of nitrogens with one attached hydrogen (secondary N) is 2. The molecule has 0 fully saturated rings. The van der Waals surface area contributed by atoms with Gasteiger partial charge in [0.2, 0.25) is 5.89 Å². The smallest absolute Gasteiger partial charge is 0.262 e. The van der Waals surface area contributed by atoms with Gasteiger partial charge in [0.15, 0.2) is 6.61 Å². The van der Waals surface area contributed by atoms with Crippen LogP contribution in [0.25, 0.3) is 0 Å². The zero-order valence-corrected chi connectivity index (χ0v) is 11.8. The van der Waals surface area contributed by atoms with Crippen LogP contribution in [-0.2, 0) is 11.3 Å². The fraction of sp³-hybridized carbons (Fsp3) is 0.286. The van der Waals surface area contributed by atoms with Crippen molar-refractivity contribution < 1.29 is 13.9 Å². The number of fused-ring (bicyclic) bond motifs is 1. The molecular weight excluding hydrogens is 272 g/mol. The number of rotatable bonds is 3. The Hall–Kier alpha value is -2.70. The van der Waals surface area contributed by atoms with E-state index in [0.29, 0.717) is 35.2 Å². The number of nitrogens with two attached hydrogens (primary N) is 1. The van der Waals surface area contributed by atoms with Crippen molar-refractivity contribution in [1.82, 2.24) is 4.98 Å². The lowest BCUT2D eigenvalue weighted by Gasteiger charge is -2.20. The van der Waals surface area contributed by atoms with Crippen molar-refractivity contribution in [2.75, 3.05) is 23.0 Å². The summed E-state index contributed by atoms with van der Waals surface area (Å²) in [6, 6.07) is 3.42. The molecule has 0 atom stereocenters. The molecule has 0 aliphatic carbocycles. The molecule has 21 heavy (non-hydrogen) atoms. The van der Waals surface area contributed by atoms with Gasteiger partial charge >= 0.3 is 0 Å². The second kappa shape index (κ2) is 5.01. The van der Waals surface area contributed by atoms with Crippen LogP contribution in [-0.4, -0.2) is 17.5 Å². The molecule has 0 saturated heterocycles. The van der Waals surface area contributed by atoms with Crippen LogP contribution in [0.3, 0.4) is 0 Å². The molecule has 0 unspecified atom stereocenters. The van der Waals surface area contributed by atoms with Gasteiger partial charge in [-0.15, -0.1) is 0 Å². The molecule has 1 amide bonds. The van der Waals surface area contributed by atoms with E-state index in [4.69, 9.17) is 14.9 Å². The Morgan fingerprint density at radius 3 is 2.95 bits per heavy atom. The molecule has 1 aromatic heterocycles. The average molecular weight is 288 g/mol. The maximum Gasteiger partial charge on any atom is 0.262 e. The first kappa shape index (κ1) is 13.3. The lowest BCUT2D eigenvalue weighted by Crippen LogP contribution is -2.25. The molecular formula is C14H16N4O3. The van der Waals surface area contributed by atoms with Gasteiger partial charge < -0.3 is 25.5 Å². The fourth-order valence-corrected chi connectivity index (χ4v) is 2.08. The molecule has 110 valence electrons. The SMILES string of the molecule is Cc1nc(CNc2cc3c(cc2N)OCC(=O)N3)oc1C.